The van der Waals surface area contributed by atoms with Crippen LogP contribution in [0.2, 0.25) is 10.0 Å². The molecule has 0 aromatic heterocycles. The average Bonchev–Trinajstić information content (AvgIpc) is 2.77. The SMILES string of the molecule is CO[C@H]1CC[C@H](S(=O)(=O)c2ccc(Cl)cc2Cl)C1. The minimum atomic E-state index is -3.40. The Morgan fingerprint density at radius 1 is 1.28 bits per heavy atom. The molecule has 1 aromatic carbocycles. The van der Waals surface area contributed by atoms with Crippen molar-refractivity contribution in [3.8, 4) is 0 Å². The van der Waals surface area contributed by atoms with Gasteiger partial charge < -0.3 is 4.74 Å². The molecular formula is C12H14Cl2O3S. The van der Waals surface area contributed by atoms with Crippen LogP contribution in [-0.4, -0.2) is 26.9 Å². The molecule has 1 fully saturated rings. The molecule has 1 aliphatic rings. The summed E-state index contributed by atoms with van der Waals surface area (Å²) in [6, 6.07) is 4.47. The van der Waals surface area contributed by atoms with E-state index in [2.05, 4.69) is 0 Å². The molecule has 6 heteroatoms. The molecule has 0 bridgehead atoms. The molecule has 0 radical (unpaired) electrons. The van der Waals surface area contributed by atoms with Crippen molar-refractivity contribution in [3.63, 3.8) is 0 Å². The van der Waals surface area contributed by atoms with E-state index in [0.29, 0.717) is 17.9 Å². The Hall–Kier alpha value is -0.290. The van der Waals surface area contributed by atoms with E-state index in [1.54, 1.807) is 13.2 Å². The first-order valence-corrected chi connectivity index (χ1v) is 7.97. The molecule has 2 rings (SSSR count). The van der Waals surface area contributed by atoms with Crippen LogP contribution in [-0.2, 0) is 14.6 Å². The Kier molecular flexibility index (Phi) is 4.22. The van der Waals surface area contributed by atoms with E-state index in [0.717, 1.165) is 6.42 Å². The number of sulfone groups is 1. The fourth-order valence-corrected chi connectivity index (χ4v) is 4.88. The molecule has 0 N–H and O–H groups in total. The highest BCUT2D eigenvalue weighted by Gasteiger charge is 2.36. The van der Waals surface area contributed by atoms with Gasteiger partial charge in [0.05, 0.1) is 21.3 Å². The van der Waals surface area contributed by atoms with Crippen LogP contribution in [0.5, 0.6) is 0 Å². The lowest BCUT2D eigenvalue weighted by molar-refractivity contribution is 0.109. The van der Waals surface area contributed by atoms with Gasteiger partial charge in [-0.15, -0.1) is 0 Å². The second-order valence-corrected chi connectivity index (χ2v) is 7.45. The van der Waals surface area contributed by atoms with Crippen LogP contribution >= 0.6 is 23.2 Å². The first-order chi connectivity index (χ1) is 8.45. The monoisotopic (exact) mass is 308 g/mol. The van der Waals surface area contributed by atoms with Crippen molar-refractivity contribution < 1.29 is 13.2 Å². The molecule has 0 unspecified atom stereocenters. The van der Waals surface area contributed by atoms with Crippen LogP contribution in [0.15, 0.2) is 23.1 Å². The normalized spacial score (nSPS) is 24.4. The summed E-state index contributed by atoms with van der Waals surface area (Å²) in [5, 5.41) is 0.199. The van der Waals surface area contributed by atoms with Gasteiger partial charge in [0.1, 0.15) is 0 Å². The minimum absolute atomic E-state index is 0.0239. The van der Waals surface area contributed by atoms with E-state index in [1.165, 1.54) is 12.1 Å². The number of rotatable bonds is 3. The van der Waals surface area contributed by atoms with Crippen molar-refractivity contribution in [1.29, 1.82) is 0 Å². The summed E-state index contributed by atoms with van der Waals surface area (Å²) in [5.41, 5.74) is 0. The first kappa shape index (κ1) is 14.1. The van der Waals surface area contributed by atoms with E-state index in [9.17, 15) is 8.42 Å². The number of hydrogen-bond donors (Lipinski definition) is 0. The molecule has 100 valence electrons. The maximum atomic E-state index is 12.4. The van der Waals surface area contributed by atoms with Crippen LogP contribution in [0.4, 0.5) is 0 Å². The van der Waals surface area contributed by atoms with Crippen molar-refractivity contribution in [2.45, 2.75) is 35.5 Å². The quantitative estimate of drug-likeness (QED) is 0.860. The number of halogens is 2. The first-order valence-electron chi connectivity index (χ1n) is 5.67. The van der Waals surface area contributed by atoms with Gasteiger partial charge in [0, 0.05) is 12.1 Å². The molecule has 18 heavy (non-hydrogen) atoms. The van der Waals surface area contributed by atoms with Gasteiger partial charge in [0.25, 0.3) is 0 Å². The zero-order chi connectivity index (χ0) is 13.3. The van der Waals surface area contributed by atoms with E-state index in [1.807, 2.05) is 0 Å². The van der Waals surface area contributed by atoms with E-state index in [4.69, 9.17) is 27.9 Å². The maximum Gasteiger partial charge on any atom is 0.182 e. The third-order valence-corrected chi connectivity index (χ3v) is 6.24. The second kappa shape index (κ2) is 5.37. The molecule has 1 saturated carbocycles. The van der Waals surface area contributed by atoms with E-state index in [-0.39, 0.29) is 16.0 Å². The Morgan fingerprint density at radius 3 is 2.56 bits per heavy atom. The van der Waals surface area contributed by atoms with Crippen molar-refractivity contribution in [1.82, 2.24) is 0 Å². The summed E-state index contributed by atoms with van der Waals surface area (Å²) < 4.78 is 30.1. The summed E-state index contributed by atoms with van der Waals surface area (Å²) >= 11 is 11.7. The molecule has 0 aliphatic heterocycles. The molecule has 2 atom stereocenters. The van der Waals surface area contributed by atoms with Crippen molar-refractivity contribution >= 4 is 33.0 Å². The maximum absolute atomic E-state index is 12.4. The fraction of sp³-hybridized carbons (Fsp3) is 0.500. The Balaban J connectivity index is 2.31. The van der Waals surface area contributed by atoms with Gasteiger partial charge >= 0.3 is 0 Å². The summed E-state index contributed by atoms with van der Waals surface area (Å²) in [5.74, 6) is 0. The predicted octanol–water partition coefficient (Wildman–Crippen LogP) is 3.33. The van der Waals surface area contributed by atoms with Crippen molar-refractivity contribution in [2.75, 3.05) is 7.11 Å². The van der Waals surface area contributed by atoms with E-state index >= 15 is 0 Å². The van der Waals surface area contributed by atoms with E-state index < -0.39 is 15.1 Å². The van der Waals surface area contributed by atoms with Gasteiger partial charge in [-0.3, -0.25) is 0 Å². The highest BCUT2D eigenvalue weighted by Crippen LogP contribution is 2.34. The van der Waals surface area contributed by atoms with Gasteiger partial charge in [-0.1, -0.05) is 23.2 Å². The lowest BCUT2D eigenvalue weighted by Crippen LogP contribution is -2.20. The Bertz CT molecular complexity index is 542. The molecule has 0 saturated heterocycles. The van der Waals surface area contributed by atoms with Crippen LogP contribution in [0.3, 0.4) is 0 Å². The Morgan fingerprint density at radius 2 is 2.00 bits per heavy atom. The smallest absolute Gasteiger partial charge is 0.182 e. The Labute approximate surface area is 117 Å². The lowest BCUT2D eigenvalue weighted by Gasteiger charge is -2.13. The van der Waals surface area contributed by atoms with Gasteiger partial charge in [-0.05, 0) is 37.5 Å². The van der Waals surface area contributed by atoms with Crippen LogP contribution in [0.25, 0.3) is 0 Å². The third-order valence-electron chi connectivity index (χ3n) is 3.31. The number of ether oxygens (including phenoxy) is 1. The number of hydrogen-bond acceptors (Lipinski definition) is 3. The summed E-state index contributed by atoms with van der Waals surface area (Å²) in [6.45, 7) is 0. The summed E-state index contributed by atoms with van der Waals surface area (Å²) in [4.78, 5) is 0.162. The molecule has 0 spiro atoms. The van der Waals surface area contributed by atoms with Crippen molar-refractivity contribution in [2.24, 2.45) is 0 Å². The van der Waals surface area contributed by atoms with Crippen LogP contribution < -0.4 is 0 Å². The fourth-order valence-electron chi connectivity index (χ4n) is 2.28. The van der Waals surface area contributed by atoms with Gasteiger partial charge in [-0.2, -0.15) is 0 Å². The molecule has 0 amide bonds. The van der Waals surface area contributed by atoms with Crippen LogP contribution in [0.1, 0.15) is 19.3 Å². The standard InChI is InChI=1S/C12H14Cl2O3S/c1-17-9-3-4-10(7-9)18(15,16)12-5-2-8(13)6-11(12)14/h2,5-6,9-10H,3-4,7H2,1H3/t9-,10-/m0/s1. The average molecular weight is 309 g/mol. The summed E-state index contributed by atoms with van der Waals surface area (Å²) in [7, 11) is -1.79. The molecular weight excluding hydrogens is 295 g/mol. The predicted molar refractivity (Wildman–Crippen MR) is 72.1 cm³/mol. The van der Waals surface area contributed by atoms with Gasteiger partial charge in [0.15, 0.2) is 9.84 Å². The lowest BCUT2D eigenvalue weighted by atomic mass is 10.3. The molecule has 1 aliphatic carbocycles. The highest BCUT2D eigenvalue weighted by molar-refractivity contribution is 7.92. The zero-order valence-corrected chi connectivity index (χ0v) is 12.2. The minimum Gasteiger partial charge on any atom is -0.381 e. The third kappa shape index (κ3) is 2.67. The second-order valence-electron chi connectivity index (χ2n) is 4.41. The largest absolute Gasteiger partial charge is 0.381 e. The van der Waals surface area contributed by atoms with Crippen molar-refractivity contribution in [3.05, 3.63) is 28.2 Å². The van der Waals surface area contributed by atoms with Gasteiger partial charge in [0.2, 0.25) is 0 Å². The van der Waals surface area contributed by atoms with Gasteiger partial charge in [-0.25, -0.2) is 8.42 Å². The molecule has 1 aromatic rings. The summed E-state index contributed by atoms with van der Waals surface area (Å²) in [6.07, 6.45) is 1.93. The highest BCUT2D eigenvalue weighted by atomic mass is 35.5. The van der Waals surface area contributed by atoms with Crippen LogP contribution in [0, 0.1) is 0 Å². The molecule has 3 nitrogen and oxygen atoms in total. The molecule has 0 heterocycles. The topological polar surface area (TPSA) is 43.4 Å². The zero-order valence-electron chi connectivity index (χ0n) is 9.90. The number of benzene rings is 1. The number of methoxy groups -OCH3 is 1.